The maximum absolute atomic E-state index is 11.3. The zero-order chi connectivity index (χ0) is 8.43. The lowest BCUT2D eigenvalue weighted by Crippen LogP contribution is -2.26. The monoisotopic (exact) mass is 154 g/mol. The Bertz CT molecular complexity index is 194. The van der Waals surface area contributed by atoms with Gasteiger partial charge in [0.05, 0.1) is 6.26 Å². The van der Waals surface area contributed by atoms with Crippen LogP contribution in [0, 0.1) is 11.8 Å². The highest BCUT2D eigenvalue weighted by Crippen LogP contribution is 2.29. The molecule has 1 rings (SSSR count). The van der Waals surface area contributed by atoms with Gasteiger partial charge in [0, 0.05) is 11.5 Å². The summed E-state index contributed by atoms with van der Waals surface area (Å²) in [6.07, 6.45) is 2.71. The molecule has 0 spiro atoms. The van der Waals surface area contributed by atoms with Crippen LogP contribution in [0.15, 0.2) is 11.8 Å². The van der Waals surface area contributed by atoms with Gasteiger partial charge in [0.25, 0.3) is 0 Å². The summed E-state index contributed by atoms with van der Waals surface area (Å²) in [6, 6.07) is 0. The number of hydrogen-bond acceptors (Lipinski definition) is 2. The van der Waals surface area contributed by atoms with E-state index in [9.17, 15) is 4.79 Å². The van der Waals surface area contributed by atoms with E-state index in [1.165, 1.54) is 0 Å². The van der Waals surface area contributed by atoms with E-state index >= 15 is 0 Å². The SMILES string of the molecule is CC1CC/C(=C\O)C(=O)C1C. The topological polar surface area (TPSA) is 37.3 Å². The van der Waals surface area contributed by atoms with Gasteiger partial charge in [-0.1, -0.05) is 13.8 Å². The normalized spacial score (nSPS) is 36.2. The molecule has 0 aromatic heterocycles. The van der Waals surface area contributed by atoms with Gasteiger partial charge in [0.2, 0.25) is 0 Å². The van der Waals surface area contributed by atoms with Crippen LogP contribution in [0.25, 0.3) is 0 Å². The molecule has 2 heteroatoms. The van der Waals surface area contributed by atoms with Crippen molar-refractivity contribution in [2.45, 2.75) is 26.7 Å². The second-order valence-corrected chi connectivity index (χ2v) is 3.32. The second-order valence-electron chi connectivity index (χ2n) is 3.32. The Labute approximate surface area is 66.9 Å². The van der Waals surface area contributed by atoms with Crippen LogP contribution in [0.1, 0.15) is 26.7 Å². The maximum Gasteiger partial charge on any atom is 0.164 e. The van der Waals surface area contributed by atoms with Crippen LogP contribution in [-0.2, 0) is 4.79 Å². The van der Waals surface area contributed by atoms with Crippen LogP contribution < -0.4 is 0 Å². The summed E-state index contributed by atoms with van der Waals surface area (Å²) in [6.45, 7) is 4.01. The lowest BCUT2D eigenvalue weighted by molar-refractivity contribution is -0.121. The molecule has 1 aliphatic carbocycles. The summed E-state index contributed by atoms with van der Waals surface area (Å²) >= 11 is 0. The van der Waals surface area contributed by atoms with Crippen molar-refractivity contribution in [3.8, 4) is 0 Å². The number of aliphatic hydroxyl groups is 1. The maximum atomic E-state index is 11.3. The number of ketones is 1. The van der Waals surface area contributed by atoms with Gasteiger partial charge in [-0.15, -0.1) is 0 Å². The Morgan fingerprint density at radius 1 is 1.55 bits per heavy atom. The molecule has 1 N–H and O–H groups in total. The average Bonchev–Trinajstić information content (AvgIpc) is 2.01. The number of carbonyl (C=O) groups excluding carboxylic acids is 1. The Morgan fingerprint density at radius 3 is 2.73 bits per heavy atom. The fourth-order valence-corrected chi connectivity index (χ4v) is 1.44. The Kier molecular flexibility index (Phi) is 2.32. The van der Waals surface area contributed by atoms with Gasteiger partial charge < -0.3 is 5.11 Å². The first kappa shape index (κ1) is 8.31. The summed E-state index contributed by atoms with van der Waals surface area (Å²) in [4.78, 5) is 11.3. The molecule has 2 unspecified atom stereocenters. The Hall–Kier alpha value is -0.790. The summed E-state index contributed by atoms with van der Waals surface area (Å²) in [5, 5.41) is 8.68. The van der Waals surface area contributed by atoms with Crippen LogP contribution >= 0.6 is 0 Å². The molecule has 0 aliphatic heterocycles. The van der Waals surface area contributed by atoms with Crippen LogP contribution in [0.2, 0.25) is 0 Å². The van der Waals surface area contributed by atoms with E-state index in [-0.39, 0.29) is 11.7 Å². The molecular weight excluding hydrogens is 140 g/mol. The zero-order valence-corrected chi connectivity index (χ0v) is 7.00. The first-order valence-electron chi connectivity index (χ1n) is 4.04. The smallest absolute Gasteiger partial charge is 0.164 e. The minimum Gasteiger partial charge on any atom is -0.515 e. The van der Waals surface area contributed by atoms with Crippen molar-refractivity contribution in [2.24, 2.45) is 11.8 Å². The Balaban J connectivity index is 2.75. The third kappa shape index (κ3) is 1.44. The highest BCUT2D eigenvalue weighted by Gasteiger charge is 2.28. The van der Waals surface area contributed by atoms with Gasteiger partial charge in [0.15, 0.2) is 5.78 Å². The molecule has 0 heterocycles. The fourth-order valence-electron chi connectivity index (χ4n) is 1.44. The van der Waals surface area contributed by atoms with Crippen LogP contribution in [0.4, 0.5) is 0 Å². The minimum atomic E-state index is 0.0853. The molecule has 0 bridgehead atoms. The zero-order valence-electron chi connectivity index (χ0n) is 7.00. The summed E-state index contributed by atoms with van der Waals surface area (Å²) in [5.74, 6) is 0.666. The highest BCUT2D eigenvalue weighted by molar-refractivity contribution is 5.97. The molecular formula is C9H14O2. The van der Waals surface area contributed by atoms with Gasteiger partial charge in [-0.3, -0.25) is 4.79 Å². The summed E-state index contributed by atoms with van der Waals surface area (Å²) < 4.78 is 0. The van der Waals surface area contributed by atoms with Crippen molar-refractivity contribution in [3.63, 3.8) is 0 Å². The third-order valence-corrected chi connectivity index (χ3v) is 2.61. The number of carbonyl (C=O) groups is 1. The molecule has 0 radical (unpaired) electrons. The average molecular weight is 154 g/mol. The Morgan fingerprint density at radius 2 is 2.18 bits per heavy atom. The lowest BCUT2D eigenvalue weighted by atomic mass is 9.78. The van der Waals surface area contributed by atoms with E-state index in [4.69, 9.17) is 5.11 Å². The standard InChI is InChI=1S/C9H14O2/c1-6-3-4-8(5-10)9(11)7(6)2/h5-7,10H,3-4H2,1-2H3/b8-5+. The largest absolute Gasteiger partial charge is 0.515 e. The van der Waals surface area contributed by atoms with Crippen LogP contribution in [0.3, 0.4) is 0 Å². The van der Waals surface area contributed by atoms with E-state index in [1.54, 1.807) is 0 Å². The van der Waals surface area contributed by atoms with Crippen molar-refractivity contribution in [3.05, 3.63) is 11.8 Å². The van der Waals surface area contributed by atoms with Gasteiger partial charge >= 0.3 is 0 Å². The molecule has 1 saturated carbocycles. The summed E-state index contributed by atoms with van der Waals surface area (Å²) in [5.41, 5.74) is 0.593. The van der Waals surface area contributed by atoms with Crippen molar-refractivity contribution in [2.75, 3.05) is 0 Å². The second kappa shape index (κ2) is 3.07. The molecule has 2 atom stereocenters. The van der Waals surface area contributed by atoms with Crippen molar-refractivity contribution < 1.29 is 9.90 Å². The molecule has 11 heavy (non-hydrogen) atoms. The van der Waals surface area contributed by atoms with Gasteiger partial charge in [-0.25, -0.2) is 0 Å². The highest BCUT2D eigenvalue weighted by atomic mass is 16.2. The molecule has 0 aromatic carbocycles. The predicted octanol–water partition coefficient (Wildman–Crippen LogP) is 2.06. The van der Waals surface area contributed by atoms with Crippen LogP contribution in [-0.4, -0.2) is 10.9 Å². The number of rotatable bonds is 0. The van der Waals surface area contributed by atoms with Crippen molar-refractivity contribution in [1.82, 2.24) is 0 Å². The molecule has 1 aliphatic rings. The first-order chi connectivity index (χ1) is 5.16. The van der Waals surface area contributed by atoms with E-state index in [1.807, 2.05) is 6.92 Å². The quantitative estimate of drug-likeness (QED) is 0.428. The van der Waals surface area contributed by atoms with E-state index in [0.717, 1.165) is 19.1 Å². The lowest BCUT2D eigenvalue weighted by Gasteiger charge is -2.25. The molecule has 0 saturated heterocycles. The third-order valence-electron chi connectivity index (χ3n) is 2.61. The molecule has 2 nitrogen and oxygen atoms in total. The predicted molar refractivity (Wildman–Crippen MR) is 43.3 cm³/mol. The number of aliphatic hydroxyl groups excluding tert-OH is 1. The van der Waals surface area contributed by atoms with Gasteiger partial charge in [-0.05, 0) is 18.8 Å². The van der Waals surface area contributed by atoms with E-state index < -0.39 is 0 Å². The van der Waals surface area contributed by atoms with Crippen molar-refractivity contribution >= 4 is 5.78 Å². The summed E-state index contributed by atoms with van der Waals surface area (Å²) in [7, 11) is 0. The number of hydrogen-bond donors (Lipinski definition) is 1. The molecule has 0 amide bonds. The molecule has 0 aromatic rings. The van der Waals surface area contributed by atoms with E-state index in [0.29, 0.717) is 11.5 Å². The molecule has 1 fully saturated rings. The van der Waals surface area contributed by atoms with Gasteiger partial charge in [0.1, 0.15) is 0 Å². The van der Waals surface area contributed by atoms with Crippen molar-refractivity contribution in [1.29, 1.82) is 0 Å². The number of Topliss-reactive ketones (excluding diaryl/α,β-unsaturated/α-hetero) is 1. The fraction of sp³-hybridized carbons (Fsp3) is 0.667. The van der Waals surface area contributed by atoms with Gasteiger partial charge in [-0.2, -0.15) is 0 Å². The first-order valence-corrected chi connectivity index (χ1v) is 4.04. The number of allylic oxidation sites excluding steroid dienone is 1. The van der Waals surface area contributed by atoms with E-state index in [2.05, 4.69) is 6.92 Å². The van der Waals surface area contributed by atoms with Crippen LogP contribution in [0.5, 0.6) is 0 Å². The molecule has 62 valence electrons. The minimum absolute atomic E-state index is 0.0853.